The Bertz CT molecular complexity index is 444. The number of aliphatic carboxylic acids is 2. The highest BCUT2D eigenvalue weighted by atomic mass is 31.2. The number of hydrogen-bond acceptors (Lipinski definition) is 4. The third-order valence-electron chi connectivity index (χ3n) is 4.14. The van der Waals surface area contributed by atoms with Crippen LogP contribution >= 0.6 is 7.60 Å². The number of nitrogens with one attached hydrogen (secondary N) is 1. The Labute approximate surface area is 129 Å². The highest BCUT2D eigenvalue weighted by Crippen LogP contribution is 2.47. The average Bonchev–Trinajstić information content (AvgIpc) is 2.86. The zero-order valence-corrected chi connectivity index (χ0v) is 13.4. The van der Waals surface area contributed by atoms with E-state index in [4.69, 9.17) is 20.0 Å². The van der Waals surface area contributed by atoms with Gasteiger partial charge in [0, 0.05) is 6.04 Å². The van der Waals surface area contributed by atoms with E-state index in [0.29, 0.717) is 12.5 Å². The van der Waals surface area contributed by atoms with Crippen molar-refractivity contribution in [2.24, 2.45) is 11.8 Å². The van der Waals surface area contributed by atoms with Gasteiger partial charge in [0.15, 0.2) is 5.66 Å². The molecule has 0 amide bonds. The van der Waals surface area contributed by atoms with Crippen LogP contribution in [-0.2, 0) is 14.2 Å². The van der Waals surface area contributed by atoms with Crippen molar-refractivity contribution in [1.29, 1.82) is 0 Å². The molecule has 9 heteroatoms. The largest absolute Gasteiger partial charge is 0.481 e. The molecule has 22 heavy (non-hydrogen) atoms. The third kappa shape index (κ3) is 5.68. The van der Waals surface area contributed by atoms with E-state index in [-0.39, 0.29) is 12.3 Å². The smallest absolute Gasteiger partial charge is 0.340 e. The van der Waals surface area contributed by atoms with Crippen LogP contribution in [-0.4, -0.2) is 50.2 Å². The van der Waals surface area contributed by atoms with Gasteiger partial charge in [0.1, 0.15) is 0 Å². The van der Waals surface area contributed by atoms with E-state index < -0.39 is 31.1 Å². The maximum atomic E-state index is 11.3. The van der Waals surface area contributed by atoms with E-state index in [1.165, 1.54) is 0 Å². The predicted octanol–water partition coefficient (Wildman–Crippen LogP) is 0.877. The molecule has 1 aliphatic rings. The minimum absolute atomic E-state index is 0.0653. The van der Waals surface area contributed by atoms with Gasteiger partial charge in [-0.3, -0.25) is 14.2 Å². The summed E-state index contributed by atoms with van der Waals surface area (Å²) in [5.74, 6) is -4.98. The monoisotopic (exact) mass is 337 g/mol. The fourth-order valence-corrected chi connectivity index (χ4v) is 3.96. The van der Waals surface area contributed by atoms with Crippen molar-refractivity contribution < 1.29 is 34.2 Å². The second kappa shape index (κ2) is 8.06. The predicted molar refractivity (Wildman–Crippen MR) is 78.6 cm³/mol. The summed E-state index contributed by atoms with van der Waals surface area (Å²) < 4.78 is 11.3. The van der Waals surface area contributed by atoms with E-state index in [2.05, 4.69) is 5.32 Å². The molecule has 0 aromatic heterocycles. The van der Waals surface area contributed by atoms with E-state index in [1.54, 1.807) is 6.92 Å². The Hall–Kier alpha value is -0.950. The van der Waals surface area contributed by atoms with Crippen molar-refractivity contribution in [2.75, 3.05) is 6.54 Å². The summed E-state index contributed by atoms with van der Waals surface area (Å²) in [5.41, 5.74) is -2.20. The molecular formula is C13H24NO7P. The highest BCUT2D eigenvalue weighted by Gasteiger charge is 2.46. The molecule has 1 rings (SSSR count). The van der Waals surface area contributed by atoms with Crippen LogP contribution in [0.2, 0.25) is 0 Å². The molecule has 1 saturated heterocycles. The lowest BCUT2D eigenvalue weighted by Crippen LogP contribution is -2.36. The number of hydrogen-bond donors (Lipinski definition) is 5. The number of carboxylic acid groups (broad SMARTS) is 2. The molecule has 0 aliphatic carbocycles. The van der Waals surface area contributed by atoms with Gasteiger partial charge in [-0.05, 0) is 44.6 Å². The Balaban J connectivity index is 2.67. The van der Waals surface area contributed by atoms with Gasteiger partial charge in [0.2, 0.25) is 0 Å². The Kier molecular flexibility index (Phi) is 6.99. The number of carbonyl (C=O) groups is 2. The SMILES string of the molecule is CC(CCC1CCCN1)CC(C(=O)O)C(C(=O)O)P(=O)(O)O. The van der Waals surface area contributed by atoms with Gasteiger partial charge in [-0.2, -0.15) is 0 Å². The summed E-state index contributed by atoms with van der Waals surface area (Å²) in [4.78, 5) is 40.6. The van der Waals surface area contributed by atoms with Crippen molar-refractivity contribution in [2.45, 2.75) is 50.7 Å². The van der Waals surface area contributed by atoms with E-state index in [0.717, 1.165) is 25.8 Å². The Morgan fingerprint density at radius 2 is 1.91 bits per heavy atom. The molecule has 4 unspecified atom stereocenters. The van der Waals surface area contributed by atoms with Gasteiger partial charge in [-0.25, -0.2) is 0 Å². The summed E-state index contributed by atoms with van der Waals surface area (Å²) in [6.07, 6.45) is 3.64. The maximum absolute atomic E-state index is 11.3. The molecule has 5 N–H and O–H groups in total. The van der Waals surface area contributed by atoms with Crippen LogP contribution in [0, 0.1) is 11.8 Å². The van der Waals surface area contributed by atoms with E-state index in [1.807, 2.05) is 0 Å². The van der Waals surface area contributed by atoms with Crippen molar-refractivity contribution >= 4 is 19.5 Å². The first-order valence-electron chi connectivity index (χ1n) is 7.37. The zero-order valence-electron chi connectivity index (χ0n) is 12.5. The zero-order chi connectivity index (χ0) is 16.9. The molecule has 0 radical (unpaired) electrons. The fourth-order valence-electron chi connectivity index (χ4n) is 2.96. The molecule has 1 heterocycles. The number of rotatable bonds is 9. The van der Waals surface area contributed by atoms with Crippen LogP contribution < -0.4 is 5.32 Å². The van der Waals surface area contributed by atoms with Gasteiger partial charge in [0.25, 0.3) is 0 Å². The fraction of sp³-hybridized carbons (Fsp3) is 0.846. The molecule has 0 aromatic carbocycles. The standard InChI is InChI=1S/C13H24NO7P/c1-8(4-5-9-3-2-6-14-9)7-10(12(15)16)11(13(17)18)22(19,20)21/h8-11,14H,2-7H2,1H3,(H,15,16)(H,17,18)(H2,19,20,21). The molecule has 0 saturated carbocycles. The first kappa shape index (κ1) is 19.1. The minimum Gasteiger partial charge on any atom is -0.481 e. The van der Waals surface area contributed by atoms with Crippen LogP contribution in [0.5, 0.6) is 0 Å². The van der Waals surface area contributed by atoms with Crippen LogP contribution in [0.1, 0.15) is 39.0 Å². The van der Waals surface area contributed by atoms with Crippen molar-refractivity contribution in [3.8, 4) is 0 Å². The molecule has 128 valence electrons. The molecule has 1 fully saturated rings. The normalized spacial score (nSPS) is 23.0. The minimum atomic E-state index is -5.03. The molecule has 4 atom stereocenters. The average molecular weight is 337 g/mol. The molecule has 0 aromatic rings. The van der Waals surface area contributed by atoms with Crippen LogP contribution in [0.3, 0.4) is 0 Å². The third-order valence-corrected chi connectivity index (χ3v) is 5.45. The summed E-state index contributed by atoms with van der Waals surface area (Å²) >= 11 is 0. The van der Waals surface area contributed by atoms with Crippen LogP contribution in [0.25, 0.3) is 0 Å². The van der Waals surface area contributed by atoms with Crippen molar-refractivity contribution in [3.05, 3.63) is 0 Å². The summed E-state index contributed by atoms with van der Waals surface area (Å²) in [7, 11) is -5.03. The van der Waals surface area contributed by atoms with Gasteiger partial charge in [-0.1, -0.05) is 6.92 Å². The lowest BCUT2D eigenvalue weighted by atomic mass is 9.89. The van der Waals surface area contributed by atoms with Gasteiger partial charge in [-0.15, -0.1) is 0 Å². The van der Waals surface area contributed by atoms with Crippen LogP contribution in [0.15, 0.2) is 0 Å². The number of carboxylic acids is 2. The Morgan fingerprint density at radius 1 is 1.27 bits per heavy atom. The molecular weight excluding hydrogens is 313 g/mol. The maximum Gasteiger partial charge on any atom is 0.340 e. The van der Waals surface area contributed by atoms with Crippen molar-refractivity contribution in [3.63, 3.8) is 0 Å². The first-order valence-corrected chi connectivity index (χ1v) is 9.05. The van der Waals surface area contributed by atoms with E-state index in [9.17, 15) is 14.2 Å². The molecule has 0 spiro atoms. The van der Waals surface area contributed by atoms with Gasteiger partial charge >= 0.3 is 19.5 Å². The van der Waals surface area contributed by atoms with Crippen molar-refractivity contribution in [1.82, 2.24) is 5.32 Å². The molecule has 0 bridgehead atoms. The summed E-state index contributed by atoms with van der Waals surface area (Å²) in [6.45, 7) is 2.75. The van der Waals surface area contributed by atoms with Gasteiger partial charge < -0.3 is 25.3 Å². The second-order valence-corrected chi connectivity index (χ2v) is 7.76. The highest BCUT2D eigenvalue weighted by molar-refractivity contribution is 7.53. The molecule has 8 nitrogen and oxygen atoms in total. The van der Waals surface area contributed by atoms with Crippen LogP contribution in [0.4, 0.5) is 0 Å². The lowest BCUT2D eigenvalue weighted by molar-refractivity contribution is -0.148. The topological polar surface area (TPSA) is 144 Å². The molecule has 1 aliphatic heterocycles. The summed E-state index contributed by atoms with van der Waals surface area (Å²) in [6, 6.07) is 0.391. The van der Waals surface area contributed by atoms with E-state index >= 15 is 0 Å². The lowest BCUT2D eigenvalue weighted by Gasteiger charge is -2.24. The summed E-state index contributed by atoms with van der Waals surface area (Å²) in [5, 5.41) is 21.5. The Morgan fingerprint density at radius 3 is 2.32 bits per heavy atom. The first-order chi connectivity index (χ1) is 10.1. The quantitative estimate of drug-likeness (QED) is 0.390. The van der Waals surface area contributed by atoms with Gasteiger partial charge in [0.05, 0.1) is 5.92 Å². The second-order valence-electron chi connectivity index (χ2n) is 6.03.